The first-order valence-corrected chi connectivity index (χ1v) is 20.1. The van der Waals surface area contributed by atoms with Gasteiger partial charge in [-0.05, 0) is 84.7 Å². The maximum absolute atomic E-state index is 14.3. The molecule has 0 unspecified atom stereocenters. The van der Waals surface area contributed by atoms with Gasteiger partial charge in [0.05, 0.1) is 12.2 Å². The molecule has 4 aliphatic rings. The summed E-state index contributed by atoms with van der Waals surface area (Å²) in [4.78, 5) is 47.0. The third-order valence-electron chi connectivity index (χ3n) is 11.7. The van der Waals surface area contributed by atoms with Crippen LogP contribution in [0.4, 0.5) is 10.5 Å². The van der Waals surface area contributed by atoms with Crippen LogP contribution in [0, 0.1) is 17.8 Å². The quantitative estimate of drug-likeness (QED) is 0.342. The molecule has 266 valence electrons. The van der Waals surface area contributed by atoms with Crippen molar-refractivity contribution in [1.82, 2.24) is 19.0 Å². The van der Waals surface area contributed by atoms with E-state index in [0.717, 1.165) is 53.3 Å². The fourth-order valence-corrected chi connectivity index (χ4v) is 9.67. The van der Waals surface area contributed by atoms with Gasteiger partial charge in [-0.15, -0.1) is 0 Å². The monoisotopic (exact) mass is 699 g/mol. The van der Waals surface area contributed by atoms with Crippen molar-refractivity contribution in [3.8, 4) is 0 Å². The summed E-state index contributed by atoms with van der Waals surface area (Å²) in [6, 6.07) is 22.2. The topological polar surface area (TPSA) is 110 Å². The number of carbonyl (C=O) groups is 3. The number of amides is 4. The van der Waals surface area contributed by atoms with E-state index in [1.165, 1.54) is 6.26 Å². The molecule has 7 rings (SSSR count). The van der Waals surface area contributed by atoms with E-state index in [-0.39, 0.29) is 30.3 Å². The van der Waals surface area contributed by atoms with Gasteiger partial charge >= 0.3 is 6.03 Å². The van der Waals surface area contributed by atoms with E-state index >= 15 is 0 Å². The normalized spacial score (nSPS) is 20.8. The number of nitrogens with zero attached hydrogens (tertiary/aromatic N) is 4. The van der Waals surface area contributed by atoms with Crippen LogP contribution in [0.1, 0.15) is 56.1 Å². The summed E-state index contributed by atoms with van der Waals surface area (Å²) in [6.07, 6.45) is 6.92. The van der Waals surface area contributed by atoms with Gasteiger partial charge < -0.3 is 20.0 Å². The van der Waals surface area contributed by atoms with E-state index in [1.54, 1.807) is 4.31 Å². The molecular weight excluding hydrogens is 651 g/mol. The Balaban J connectivity index is 0.998. The van der Waals surface area contributed by atoms with Gasteiger partial charge in [-0.3, -0.25) is 9.59 Å². The number of carbonyl (C=O) groups excluding carboxylic acids is 3. The second-order valence-electron chi connectivity index (χ2n) is 14.7. The van der Waals surface area contributed by atoms with Crippen molar-refractivity contribution in [3.63, 3.8) is 0 Å². The first-order valence-electron chi connectivity index (χ1n) is 18.3. The van der Waals surface area contributed by atoms with Crippen LogP contribution in [0.2, 0.25) is 0 Å². The molecular formula is C39H49N5O5S. The average molecular weight is 700 g/mol. The fourth-order valence-electron chi connectivity index (χ4n) is 8.80. The molecule has 0 spiro atoms. The number of anilines is 1. The maximum Gasteiger partial charge on any atom is 0.322 e. The average Bonchev–Trinajstić information content (AvgIpc) is 3.14. The lowest BCUT2D eigenvalue weighted by Crippen LogP contribution is -2.51. The highest BCUT2D eigenvalue weighted by molar-refractivity contribution is 7.88. The summed E-state index contributed by atoms with van der Waals surface area (Å²) >= 11 is 0. The van der Waals surface area contributed by atoms with Gasteiger partial charge in [-0.25, -0.2) is 17.5 Å². The number of fused-ring (bicyclic) bond motifs is 2. The summed E-state index contributed by atoms with van der Waals surface area (Å²) in [7, 11) is -3.16. The van der Waals surface area contributed by atoms with Crippen LogP contribution in [0.5, 0.6) is 0 Å². The lowest BCUT2D eigenvalue weighted by Gasteiger charge is -2.41. The summed E-state index contributed by atoms with van der Waals surface area (Å²) in [6.45, 7) is 4.19. The molecule has 0 bridgehead atoms. The van der Waals surface area contributed by atoms with E-state index in [4.69, 9.17) is 0 Å². The molecule has 4 aliphatic heterocycles. The van der Waals surface area contributed by atoms with Crippen LogP contribution in [0.3, 0.4) is 0 Å². The Morgan fingerprint density at radius 2 is 1.40 bits per heavy atom. The van der Waals surface area contributed by atoms with Crippen molar-refractivity contribution in [2.45, 2.75) is 64.0 Å². The maximum atomic E-state index is 14.3. The highest BCUT2D eigenvalue weighted by Gasteiger charge is 2.37. The van der Waals surface area contributed by atoms with E-state index in [1.807, 2.05) is 57.2 Å². The summed E-state index contributed by atoms with van der Waals surface area (Å²) < 4.78 is 25.6. The number of hydrogen-bond donors (Lipinski definition) is 1. The number of rotatable bonds is 8. The number of urea groups is 1. The third-order valence-corrected chi connectivity index (χ3v) is 13.0. The first-order chi connectivity index (χ1) is 24.1. The third kappa shape index (κ3) is 7.54. The Kier molecular flexibility index (Phi) is 10.2. The second kappa shape index (κ2) is 14.7. The van der Waals surface area contributed by atoms with Crippen LogP contribution < -0.4 is 5.32 Å². The molecule has 1 N–H and O–H groups in total. The van der Waals surface area contributed by atoms with Crippen molar-refractivity contribution in [2.75, 3.05) is 50.8 Å². The second-order valence-corrected chi connectivity index (χ2v) is 16.7. The van der Waals surface area contributed by atoms with Gasteiger partial charge in [0.1, 0.15) is 0 Å². The van der Waals surface area contributed by atoms with Crippen molar-refractivity contribution in [1.29, 1.82) is 0 Å². The van der Waals surface area contributed by atoms with Gasteiger partial charge in [0, 0.05) is 64.0 Å². The Morgan fingerprint density at radius 3 is 2.12 bits per heavy atom. The highest BCUT2D eigenvalue weighted by atomic mass is 32.2. The molecule has 11 heteroatoms. The number of para-hydroxylation sites is 1. The molecule has 4 heterocycles. The zero-order chi connectivity index (χ0) is 34.8. The zero-order valence-electron chi connectivity index (χ0n) is 29.0. The van der Waals surface area contributed by atoms with Crippen LogP contribution in [0.25, 0.3) is 10.8 Å². The van der Waals surface area contributed by atoms with Gasteiger partial charge in [0.2, 0.25) is 21.8 Å². The number of likely N-dealkylation sites (tertiary alicyclic amines) is 2. The Morgan fingerprint density at radius 1 is 0.780 bits per heavy atom. The molecule has 10 nitrogen and oxygen atoms in total. The smallest absolute Gasteiger partial charge is 0.322 e. The standard InChI is InChI=1S/C39H49N5O5S/c1-50(48,49)43-23-15-29(16-24-43)28-13-19-42(20-14-28)38(46)33(25-31-10-6-9-30-7-2-4-11-35(30)31)26-37(45)41-21-17-34(18-22-41)44-27-32-8-3-5-12-36(32)40-39(44)47/h2-12,28-29,33-34H,13-27H2,1H3,(H,40,47)/t33-/m1/s1. The minimum Gasteiger partial charge on any atom is -0.343 e. The van der Waals surface area contributed by atoms with E-state index in [9.17, 15) is 22.8 Å². The Labute approximate surface area is 295 Å². The Bertz CT molecular complexity index is 1820. The SMILES string of the molecule is CS(=O)(=O)N1CCC(C2CCN(C(=O)[C@@H](CC(=O)N3CCC(N4Cc5ccccc5NC4=O)CC3)Cc3cccc4ccccc34)CC2)CC1. The highest BCUT2D eigenvalue weighted by Crippen LogP contribution is 2.35. The number of nitrogens with one attached hydrogen (secondary N) is 1. The molecule has 3 aromatic carbocycles. The van der Waals surface area contributed by atoms with Crippen molar-refractivity contribution >= 4 is 44.3 Å². The lowest BCUT2D eigenvalue weighted by atomic mass is 9.79. The Hall–Kier alpha value is -3.96. The lowest BCUT2D eigenvalue weighted by molar-refractivity contribution is -0.143. The molecule has 3 aromatic rings. The predicted octanol–water partition coefficient (Wildman–Crippen LogP) is 5.34. The van der Waals surface area contributed by atoms with Gasteiger partial charge in [-0.1, -0.05) is 60.7 Å². The molecule has 0 saturated carbocycles. The van der Waals surface area contributed by atoms with Crippen LogP contribution in [-0.2, 0) is 32.6 Å². The molecule has 4 amide bonds. The van der Waals surface area contributed by atoms with E-state index in [0.29, 0.717) is 76.9 Å². The van der Waals surface area contributed by atoms with E-state index < -0.39 is 15.9 Å². The molecule has 3 saturated heterocycles. The minimum atomic E-state index is -3.16. The number of benzene rings is 3. The van der Waals surface area contributed by atoms with Crippen molar-refractivity contribution in [2.24, 2.45) is 17.8 Å². The van der Waals surface area contributed by atoms with Crippen LogP contribution in [0.15, 0.2) is 66.7 Å². The van der Waals surface area contributed by atoms with E-state index in [2.05, 4.69) is 29.6 Å². The molecule has 0 radical (unpaired) electrons. The number of piperidine rings is 3. The van der Waals surface area contributed by atoms with Crippen molar-refractivity contribution < 1.29 is 22.8 Å². The van der Waals surface area contributed by atoms with Gasteiger partial charge in [-0.2, -0.15) is 0 Å². The summed E-state index contributed by atoms with van der Waals surface area (Å²) in [5, 5.41) is 5.25. The fraction of sp³-hybridized carbons (Fsp3) is 0.513. The van der Waals surface area contributed by atoms with Gasteiger partial charge in [0.25, 0.3) is 0 Å². The minimum absolute atomic E-state index is 0.00278. The van der Waals surface area contributed by atoms with Crippen LogP contribution >= 0.6 is 0 Å². The molecule has 3 fully saturated rings. The summed E-state index contributed by atoms with van der Waals surface area (Å²) in [5.74, 6) is 0.547. The van der Waals surface area contributed by atoms with Gasteiger partial charge in [0.15, 0.2) is 0 Å². The molecule has 0 aliphatic carbocycles. The largest absolute Gasteiger partial charge is 0.343 e. The molecule has 1 atom stereocenters. The summed E-state index contributed by atoms with van der Waals surface area (Å²) in [5.41, 5.74) is 3.04. The number of hydrogen-bond acceptors (Lipinski definition) is 5. The van der Waals surface area contributed by atoms with Crippen molar-refractivity contribution in [3.05, 3.63) is 77.9 Å². The first kappa shape index (κ1) is 34.5. The van der Waals surface area contributed by atoms with Crippen LogP contribution in [-0.4, -0.2) is 96.8 Å². The number of sulfonamides is 1. The predicted molar refractivity (Wildman–Crippen MR) is 195 cm³/mol. The molecule has 50 heavy (non-hydrogen) atoms. The zero-order valence-corrected chi connectivity index (χ0v) is 29.8. The molecule has 0 aromatic heterocycles.